The molecule has 2 aromatic carbocycles. The van der Waals surface area contributed by atoms with Crippen molar-refractivity contribution in [2.24, 2.45) is 0 Å². The van der Waals surface area contributed by atoms with Crippen molar-refractivity contribution in [3.05, 3.63) is 70.2 Å². The molecular weight excluding hydrogens is 378 g/mol. The molecule has 0 fully saturated rings. The monoisotopic (exact) mass is 403 g/mol. The average Bonchev–Trinajstić information content (AvgIpc) is 2.69. The van der Waals surface area contributed by atoms with Gasteiger partial charge in [-0.05, 0) is 42.7 Å². The molecule has 0 aliphatic heterocycles. The molecule has 0 spiro atoms. The van der Waals surface area contributed by atoms with Gasteiger partial charge in [0.2, 0.25) is 5.91 Å². The van der Waals surface area contributed by atoms with Crippen LogP contribution in [0.3, 0.4) is 0 Å². The number of aryl methyl sites for hydroxylation is 1. The lowest BCUT2D eigenvalue weighted by molar-refractivity contribution is -0.137. The van der Waals surface area contributed by atoms with E-state index in [1.807, 2.05) is 37.3 Å². The quantitative estimate of drug-likeness (QED) is 0.628. The van der Waals surface area contributed by atoms with Crippen LogP contribution >= 0.6 is 11.6 Å². The molecule has 150 valence electrons. The Morgan fingerprint density at radius 1 is 1.14 bits per heavy atom. The molecule has 1 atom stereocenters. The van der Waals surface area contributed by atoms with Gasteiger partial charge in [0.1, 0.15) is 0 Å². The molecule has 2 amide bonds. The maximum atomic E-state index is 12.1. The molecule has 2 rings (SSSR count). The van der Waals surface area contributed by atoms with Crippen LogP contribution in [0.1, 0.15) is 42.3 Å². The van der Waals surface area contributed by atoms with Crippen molar-refractivity contribution in [2.75, 3.05) is 6.61 Å². The van der Waals surface area contributed by atoms with E-state index in [1.165, 1.54) is 11.9 Å². The van der Waals surface area contributed by atoms with E-state index < -0.39 is 0 Å². The fraction of sp³-hybridized carbons (Fsp3) is 0.333. The van der Waals surface area contributed by atoms with E-state index in [0.717, 1.165) is 17.5 Å². The highest BCUT2D eigenvalue weighted by Crippen LogP contribution is 2.14. The van der Waals surface area contributed by atoms with Crippen molar-refractivity contribution >= 4 is 23.4 Å². The van der Waals surface area contributed by atoms with Crippen molar-refractivity contribution in [3.63, 3.8) is 0 Å². The number of carbonyl (C=O) groups excluding carboxylic acids is 2. The Morgan fingerprint density at radius 2 is 1.82 bits per heavy atom. The molecule has 7 heteroatoms. The van der Waals surface area contributed by atoms with Crippen LogP contribution in [-0.2, 0) is 22.6 Å². The Hall–Kier alpha value is -2.41. The lowest BCUT2D eigenvalue weighted by Gasteiger charge is -2.28. The van der Waals surface area contributed by atoms with Crippen molar-refractivity contribution in [1.82, 2.24) is 15.9 Å². The van der Waals surface area contributed by atoms with Crippen LogP contribution in [0.2, 0.25) is 5.02 Å². The summed E-state index contributed by atoms with van der Waals surface area (Å²) in [6, 6.07) is 14.5. The number of benzene rings is 2. The van der Waals surface area contributed by atoms with Crippen molar-refractivity contribution in [3.8, 4) is 0 Å². The Labute approximate surface area is 170 Å². The van der Waals surface area contributed by atoms with Gasteiger partial charge < -0.3 is 0 Å². The maximum Gasteiger partial charge on any atom is 0.274 e. The molecule has 6 nitrogen and oxygen atoms in total. The molecule has 2 N–H and O–H groups in total. The number of carbonyl (C=O) groups is 2. The van der Waals surface area contributed by atoms with Gasteiger partial charge in [0.25, 0.3) is 5.91 Å². The minimum absolute atomic E-state index is 0.133. The summed E-state index contributed by atoms with van der Waals surface area (Å²) in [5.41, 5.74) is 8.04. The minimum Gasteiger partial charge on any atom is -0.274 e. The van der Waals surface area contributed by atoms with Crippen LogP contribution < -0.4 is 10.9 Å². The number of amides is 2. The molecule has 0 aromatic heterocycles. The van der Waals surface area contributed by atoms with Crippen LogP contribution in [0.15, 0.2) is 48.5 Å². The SMILES string of the molecule is CCc1ccc(C(=O)NOC[C@@H](C)N(NCc2ccccc2Cl)C(C)=O)cc1. The molecule has 0 bridgehead atoms. The first kappa shape index (κ1) is 21.9. The second-order valence-corrected chi connectivity index (χ2v) is 6.86. The third kappa shape index (κ3) is 6.34. The summed E-state index contributed by atoms with van der Waals surface area (Å²) < 4.78 is 0. The van der Waals surface area contributed by atoms with E-state index in [9.17, 15) is 9.59 Å². The van der Waals surface area contributed by atoms with Gasteiger partial charge in [-0.25, -0.2) is 10.9 Å². The summed E-state index contributed by atoms with van der Waals surface area (Å²) in [6.45, 7) is 5.88. The molecule has 0 saturated heterocycles. The van der Waals surface area contributed by atoms with Crippen LogP contribution in [0.4, 0.5) is 0 Å². The van der Waals surface area contributed by atoms with Gasteiger partial charge in [0, 0.05) is 24.1 Å². The van der Waals surface area contributed by atoms with Crippen LogP contribution in [0.25, 0.3) is 0 Å². The number of hydrogen-bond acceptors (Lipinski definition) is 4. The van der Waals surface area contributed by atoms with Gasteiger partial charge in [-0.2, -0.15) is 0 Å². The molecule has 0 saturated carbocycles. The molecule has 2 aromatic rings. The summed E-state index contributed by atoms with van der Waals surface area (Å²) in [7, 11) is 0. The van der Waals surface area contributed by atoms with Crippen molar-refractivity contribution in [2.45, 2.75) is 39.8 Å². The van der Waals surface area contributed by atoms with Gasteiger partial charge in [-0.15, -0.1) is 0 Å². The molecule has 28 heavy (non-hydrogen) atoms. The third-order valence-electron chi connectivity index (χ3n) is 4.29. The van der Waals surface area contributed by atoms with Crippen LogP contribution in [0.5, 0.6) is 0 Å². The van der Waals surface area contributed by atoms with Crippen LogP contribution in [0, 0.1) is 0 Å². The van der Waals surface area contributed by atoms with Gasteiger partial charge >= 0.3 is 0 Å². The maximum absolute atomic E-state index is 12.1. The topological polar surface area (TPSA) is 70.7 Å². The fourth-order valence-electron chi connectivity index (χ4n) is 2.64. The molecule has 0 unspecified atom stereocenters. The Balaban J connectivity index is 1.84. The number of hydrazine groups is 1. The van der Waals surface area contributed by atoms with Crippen molar-refractivity contribution in [1.29, 1.82) is 0 Å². The minimum atomic E-state index is -0.326. The Kier molecular flexibility index (Phi) is 8.44. The first-order chi connectivity index (χ1) is 13.4. The summed E-state index contributed by atoms with van der Waals surface area (Å²) in [5.74, 6) is -0.488. The predicted octanol–water partition coefficient (Wildman–Crippen LogP) is 3.51. The van der Waals surface area contributed by atoms with Gasteiger partial charge in [-0.3, -0.25) is 19.4 Å². The van der Waals surface area contributed by atoms with Crippen molar-refractivity contribution < 1.29 is 14.4 Å². The second kappa shape index (κ2) is 10.8. The summed E-state index contributed by atoms with van der Waals surface area (Å²) in [6.07, 6.45) is 0.915. The zero-order chi connectivity index (χ0) is 20.5. The van der Waals surface area contributed by atoms with E-state index in [-0.39, 0.29) is 24.5 Å². The molecule has 0 radical (unpaired) electrons. The Morgan fingerprint density at radius 3 is 2.43 bits per heavy atom. The number of hydrogen-bond donors (Lipinski definition) is 2. The largest absolute Gasteiger partial charge is 0.274 e. The van der Waals surface area contributed by atoms with E-state index in [4.69, 9.17) is 16.4 Å². The van der Waals surface area contributed by atoms with Gasteiger partial charge in [0.05, 0.1) is 12.6 Å². The first-order valence-electron chi connectivity index (χ1n) is 9.20. The first-order valence-corrected chi connectivity index (χ1v) is 9.58. The smallest absolute Gasteiger partial charge is 0.274 e. The second-order valence-electron chi connectivity index (χ2n) is 6.46. The van der Waals surface area contributed by atoms with Gasteiger partial charge in [-0.1, -0.05) is 48.9 Å². The highest BCUT2D eigenvalue weighted by atomic mass is 35.5. The molecule has 0 heterocycles. The van der Waals surface area contributed by atoms with E-state index >= 15 is 0 Å². The molecular formula is C21H26ClN3O3. The molecule has 0 aliphatic carbocycles. The lowest BCUT2D eigenvalue weighted by atomic mass is 10.1. The van der Waals surface area contributed by atoms with E-state index in [0.29, 0.717) is 17.1 Å². The number of nitrogens with zero attached hydrogens (tertiary/aromatic N) is 1. The normalized spacial score (nSPS) is 11.7. The fourth-order valence-corrected chi connectivity index (χ4v) is 2.85. The Bertz CT molecular complexity index is 796. The molecule has 0 aliphatic rings. The van der Waals surface area contributed by atoms with E-state index in [2.05, 4.69) is 17.8 Å². The predicted molar refractivity (Wildman–Crippen MR) is 110 cm³/mol. The third-order valence-corrected chi connectivity index (χ3v) is 4.66. The number of halogens is 1. The highest BCUT2D eigenvalue weighted by molar-refractivity contribution is 6.31. The van der Waals surface area contributed by atoms with E-state index in [1.54, 1.807) is 18.2 Å². The number of hydroxylamine groups is 1. The summed E-state index contributed by atoms with van der Waals surface area (Å²) >= 11 is 6.15. The van der Waals surface area contributed by atoms with Crippen LogP contribution in [-0.4, -0.2) is 29.5 Å². The zero-order valence-corrected chi connectivity index (χ0v) is 17.1. The number of rotatable bonds is 9. The summed E-state index contributed by atoms with van der Waals surface area (Å²) in [4.78, 5) is 29.4. The van der Waals surface area contributed by atoms with Gasteiger partial charge in [0.15, 0.2) is 0 Å². The number of nitrogens with one attached hydrogen (secondary N) is 2. The highest BCUT2D eigenvalue weighted by Gasteiger charge is 2.18. The lowest BCUT2D eigenvalue weighted by Crippen LogP contribution is -2.49. The average molecular weight is 404 g/mol. The summed E-state index contributed by atoms with van der Waals surface area (Å²) in [5, 5.41) is 2.09. The zero-order valence-electron chi connectivity index (χ0n) is 16.4. The standard InChI is InChI=1S/C21H26ClN3O3/c1-4-17-9-11-18(12-10-17)21(27)24-28-14-15(2)25(16(3)26)23-13-19-7-5-6-8-20(19)22/h5-12,15,23H,4,13-14H2,1-3H3,(H,24,27)/t15-/m1/s1.